The number of hydrogen-bond donors (Lipinski definition) is 1. The molecule has 3 atom stereocenters. The van der Waals surface area contributed by atoms with E-state index in [0.717, 1.165) is 19.4 Å². The lowest BCUT2D eigenvalue weighted by atomic mass is 10.0. The van der Waals surface area contributed by atoms with Gasteiger partial charge in [-0.15, -0.1) is 0 Å². The van der Waals surface area contributed by atoms with Crippen LogP contribution in [0.4, 0.5) is 0 Å². The van der Waals surface area contributed by atoms with E-state index in [1.165, 1.54) is 6.42 Å². The van der Waals surface area contributed by atoms with Gasteiger partial charge in [-0.2, -0.15) is 0 Å². The summed E-state index contributed by atoms with van der Waals surface area (Å²) in [5.74, 6) is 0.541. The maximum Gasteiger partial charge on any atom is 0.0809 e. The van der Waals surface area contributed by atoms with Crippen molar-refractivity contribution in [2.24, 2.45) is 11.7 Å². The molecule has 0 aromatic heterocycles. The van der Waals surface area contributed by atoms with Gasteiger partial charge in [-0.1, -0.05) is 20.3 Å². The van der Waals surface area contributed by atoms with Gasteiger partial charge in [0.05, 0.1) is 19.3 Å². The molecular formula is C11H23NO2. The Bertz CT molecular complexity index is 146. The van der Waals surface area contributed by atoms with Crippen LogP contribution in [0.25, 0.3) is 0 Å². The van der Waals surface area contributed by atoms with Crippen molar-refractivity contribution in [2.75, 3.05) is 19.8 Å². The fourth-order valence-electron chi connectivity index (χ4n) is 1.58. The van der Waals surface area contributed by atoms with Crippen molar-refractivity contribution < 1.29 is 9.47 Å². The number of rotatable bonds is 6. The van der Waals surface area contributed by atoms with Gasteiger partial charge in [-0.05, 0) is 18.8 Å². The fraction of sp³-hybridized carbons (Fsp3) is 1.00. The normalized spacial score (nSPS) is 26.4. The van der Waals surface area contributed by atoms with Crippen LogP contribution >= 0.6 is 0 Å². The van der Waals surface area contributed by atoms with Crippen LogP contribution in [-0.4, -0.2) is 32.0 Å². The Labute approximate surface area is 86.9 Å². The first kappa shape index (κ1) is 12.0. The molecule has 0 aromatic carbocycles. The zero-order valence-electron chi connectivity index (χ0n) is 9.37. The summed E-state index contributed by atoms with van der Waals surface area (Å²) in [6, 6.07) is 0.168. The third-order valence-corrected chi connectivity index (χ3v) is 3.01. The third kappa shape index (κ3) is 3.95. The predicted octanol–water partition coefficient (Wildman–Crippen LogP) is 1.56. The highest BCUT2D eigenvalue weighted by molar-refractivity contribution is 4.68. The van der Waals surface area contributed by atoms with Crippen molar-refractivity contribution in [3.8, 4) is 0 Å². The topological polar surface area (TPSA) is 44.5 Å². The molecule has 0 radical (unpaired) electrons. The van der Waals surface area contributed by atoms with E-state index in [1.807, 2.05) is 0 Å². The molecule has 2 N–H and O–H groups in total. The van der Waals surface area contributed by atoms with Gasteiger partial charge in [-0.3, -0.25) is 0 Å². The minimum Gasteiger partial charge on any atom is -0.377 e. The second kappa shape index (κ2) is 6.38. The van der Waals surface area contributed by atoms with Crippen LogP contribution in [0.3, 0.4) is 0 Å². The molecule has 3 nitrogen and oxygen atoms in total. The summed E-state index contributed by atoms with van der Waals surface area (Å²) in [4.78, 5) is 0. The van der Waals surface area contributed by atoms with Crippen LogP contribution in [0, 0.1) is 5.92 Å². The van der Waals surface area contributed by atoms with Gasteiger partial charge in [-0.25, -0.2) is 0 Å². The molecule has 3 unspecified atom stereocenters. The molecule has 1 saturated heterocycles. The summed E-state index contributed by atoms with van der Waals surface area (Å²) < 4.78 is 11.0. The Morgan fingerprint density at radius 3 is 2.93 bits per heavy atom. The molecule has 0 amide bonds. The monoisotopic (exact) mass is 201 g/mol. The van der Waals surface area contributed by atoms with Crippen LogP contribution < -0.4 is 5.73 Å². The van der Waals surface area contributed by atoms with Crippen LogP contribution in [0.15, 0.2) is 0 Å². The van der Waals surface area contributed by atoms with E-state index in [2.05, 4.69) is 13.8 Å². The van der Waals surface area contributed by atoms with Crippen LogP contribution in [0.5, 0.6) is 0 Å². The van der Waals surface area contributed by atoms with E-state index >= 15 is 0 Å². The van der Waals surface area contributed by atoms with Crippen molar-refractivity contribution in [1.82, 2.24) is 0 Å². The van der Waals surface area contributed by atoms with E-state index in [4.69, 9.17) is 15.2 Å². The highest BCUT2D eigenvalue weighted by Gasteiger charge is 2.16. The minimum absolute atomic E-state index is 0.168. The molecule has 3 heteroatoms. The first-order chi connectivity index (χ1) is 6.74. The Balaban J connectivity index is 2.02. The van der Waals surface area contributed by atoms with Crippen LogP contribution in [0.2, 0.25) is 0 Å². The van der Waals surface area contributed by atoms with Crippen molar-refractivity contribution in [1.29, 1.82) is 0 Å². The first-order valence-electron chi connectivity index (χ1n) is 5.69. The largest absolute Gasteiger partial charge is 0.377 e. The second-order valence-electron chi connectivity index (χ2n) is 4.22. The van der Waals surface area contributed by atoms with Crippen molar-refractivity contribution in [2.45, 2.75) is 45.3 Å². The molecule has 1 aliphatic heterocycles. The maximum atomic E-state index is 5.95. The highest BCUT2D eigenvalue weighted by atomic mass is 16.5. The molecule has 0 spiro atoms. The summed E-state index contributed by atoms with van der Waals surface area (Å²) >= 11 is 0. The predicted molar refractivity (Wildman–Crippen MR) is 57.2 cm³/mol. The highest BCUT2D eigenvalue weighted by Crippen LogP contribution is 2.12. The average molecular weight is 201 g/mol. The quantitative estimate of drug-likeness (QED) is 0.709. The van der Waals surface area contributed by atoms with Gasteiger partial charge in [0.2, 0.25) is 0 Å². The smallest absolute Gasteiger partial charge is 0.0809 e. The van der Waals surface area contributed by atoms with Crippen LogP contribution in [-0.2, 0) is 9.47 Å². The third-order valence-electron chi connectivity index (χ3n) is 3.01. The Kier molecular flexibility index (Phi) is 5.45. The SMILES string of the molecule is CCC(C)C(N)COCC1CCCO1. The lowest BCUT2D eigenvalue weighted by molar-refractivity contribution is 0.00911. The van der Waals surface area contributed by atoms with Crippen LogP contribution in [0.1, 0.15) is 33.1 Å². The number of ether oxygens (including phenoxy) is 2. The Hall–Kier alpha value is -0.120. The van der Waals surface area contributed by atoms with E-state index in [9.17, 15) is 0 Å². The van der Waals surface area contributed by atoms with Crippen molar-refractivity contribution >= 4 is 0 Å². The maximum absolute atomic E-state index is 5.95. The molecule has 14 heavy (non-hydrogen) atoms. The summed E-state index contributed by atoms with van der Waals surface area (Å²) in [5, 5.41) is 0. The minimum atomic E-state index is 0.168. The number of nitrogens with two attached hydrogens (primary N) is 1. The fourth-order valence-corrected chi connectivity index (χ4v) is 1.58. The Morgan fingerprint density at radius 1 is 1.57 bits per heavy atom. The molecular weight excluding hydrogens is 178 g/mol. The lowest BCUT2D eigenvalue weighted by Gasteiger charge is -2.19. The molecule has 1 fully saturated rings. The van der Waals surface area contributed by atoms with E-state index < -0.39 is 0 Å². The van der Waals surface area contributed by atoms with Crippen molar-refractivity contribution in [3.63, 3.8) is 0 Å². The molecule has 1 heterocycles. The molecule has 0 aromatic rings. The summed E-state index contributed by atoms with van der Waals surface area (Å²) in [5.41, 5.74) is 5.95. The molecule has 1 rings (SSSR count). The number of hydrogen-bond acceptors (Lipinski definition) is 3. The molecule has 1 aliphatic rings. The van der Waals surface area contributed by atoms with Gasteiger partial charge in [0.15, 0.2) is 0 Å². The van der Waals surface area contributed by atoms with Gasteiger partial charge in [0.25, 0.3) is 0 Å². The summed E-state index contributed by atoms with van der Waals surface area (Å²) in [6.07, 6.45) is 3.74. The second-order valence-corrected chi connectivity index (χ2v) is 4.22. The summed E-state index contributed by atoms with van der Waals surface area (Å²) in [6.45, 7) is 6.59. The summed E-state index contributed by atoms with van der Waals surface area (Å²) in [7, 11) is 0. The molecule has 84 valence electrons. The zero-order chi connectivity index (χ0) is 10.4. The Morgan fingerprint density at radius 2 is 2.36 bits per heavy atom. The molecule has 0 saturated carbocycles. The molecule has 0 bridgehead atoms. The van der Waals surface area contributed by atoms with Gasteiger partial charge in [0.1, 0.15) is 0 Å². The first-order valence-corrected chi connectivity index (χ1v) is 5.69. The van der Waals surface area contributed by atoms with E-state index in [1.54, 1.807) is 0 Å². The lowest BCUT2D eigenvalue weighted by Crippen LogP contribution is -2.34. The average Bonchev–Trinajstić information content (AvgIpc) is 2.69. The van der Waals surface area contributed by atoms with Gasteiger partial charge >= 0.3 is 0 Å². The van der Waals surface area contributed by atoms with Gasteiger partial charge < -0.3 is 15.2 Å². The standard InChI is InChI=1S/C11H23NO2/c1-3-9(2)11(12)8-13-7-10-5-4-6-14-10/h9-11H,3-8,12H2,1-2H3. The van der Waals surface area contributed by atoms with Gasteiger partial charge in [0, 0.05) is 12.6 Å². The molecule has 0 aliphatic carbocycles. The van der Waals surface area contributed by atoms with E-state index in [0.29, 0.717) is 25.2 Å². The zero-order valence-corrected chi connectivity index (χ0v) is 9.37. The van der Waals surface area contributed by atoms with Crippen molar-refractivity contribution in [3.05, 3.63) is 0 Å². The van der Waals surface area contributed by atoms with E-state index in [-0.39, 0.29) is 6.04 Å².